The number of benzene rings is 2. The van der Waals surface area contributed by atoms with Crippen molar-refractivity contribution in [3.8, 4) is 0 Å². The molecule has 0 aliphatic heterocycles. The maximum absolute atomic E-state index is 13.5. The second-order valence-electron chi connectivity index (χ2n) is 6.78. The molecule has 0 fully saturated rings. The summed E-state index contributed by atoms with van der Waals surface area (Å²) in [6, 6.07) is 19.3. The Balaban J connectivity index is 2.36. The smallest absolute Gasteiger partial charge is 0.347 e. The molecule has 28 heavy (non-hydrogen) atoms. The van der Waals surface area contributed by atoms with Gasteiger partial charge in [0.15, 0.2) is 0 Å². The maximum atomic E-state index is 13.5. The molecule has 0 N–H and O–H groups in total. The van der Waals surface area contributed by atoms with Crippen molar-refractivity contribution in [3.63, 3.8) is 0 Å². The first-order valence-corrected chi connectivity index (χ1v) is 10.3. The van der Waals surface area contributed by atoms with Crippen LogP contribution < -0.4 is 0 Å². The van der Waals surface area contributed by atoms with Gasteiger partial charge in [0.25, 0.3) is 0 Å². The van der Waals surface area contributed by atoms with Crippen LogP contribution in [0.4, 0.5) is 0 Å². The lowest BCUT2D eigenvalue weighted by Crippen LogP contribution is -2.42. The molecule has 0 unspecified atom stereocenters. The van der Waals surface area contributed by atoms with Crippen LogP contribution in [0.25, 0.3) is 0 Å². The predicted molar refractivity (Wildman–Crippen MR) is 113 cm³/mol. The van der Waals surface area contributed by atoms with E-state index in [4.69, 9.17) is 9.47 Å². The van der Waals surface area contributed by atoms with Crippen LogP contribution in [0.2, 0.25) is 0 Å². The van der Waals surface area contributed by atoms with E-state index in [1.54, 1.807) is 0 Å². The number of hydrogen-bond donors (Lipinski definition) is 0. The molecule has 0 aliphatic carbocycles. The highest BCUT2D eigenvalue weighted by Gasteiger charge is 2.45. The SMILES string of the molecule is CCCCOC(C(=O)OCCN(CC)CC)(c1ccccc1)c1ccccc1. The van der Waals surface area contributed by atoms with Gasteiger partial charge >= 0.3 is 5.97 Å². The van der Waals surface area contributed by atoms with Gasteiger partial charge in [-0.2, -0.15) is 0 Å². The number of rotatable bonds is 12. The van der Waals surface area contributed by atoms with Crippen LogP contribution in [0.1, 0.15) is 44.7 Å². The fourth-order valence-electron chi connectivity index (χ4n) is 3.25. The first kappa shape index (κ1) is 22.1. The minimum Gasteiger partial charge on any atom is -0.462 e. The van der Waals surface area contributed by atoms with Gasteiger partial charge in [0.1, 0.15) is 6.61 Å². The largest absolute Gasteiger partial charge is 0.462 e. The minimum absolute atomic E-state index is 0.346. The van der Waals surface area contributed by atoms with E-state index < -0.39 is 5.60 Å². The number of hydrogen-bond acceptors (Lipinski definition) is 4. The topological polar surface area (TPSA) is 38.8 Å². The summed E-state index contributed by atoms with van der Waals surface area (Å²) in [5.41, 5.74) is 0.344. The van der Waals surface area contributed by atoms with E-state index >= 15 is 0 Å². The van der Waals surface area contributed by atoms with Crippen molar-refractivity contribution in [2.75, 3.05) is 32.8 Å². The molecular weight excluding hydrogens is 350 g/mol. The van der Waals surface area contributed by atoms with Crippen LogP contribution in [0.3, 0.4) is 0 Å². The van der Waals surface area contributed by atoms with Crippen molar-refractivity contribution in [3.05, 3.63) is 71.8 Å². The molecule has 0 saturated heterocycles. The number of nitrogens with zero attached hydrogens (tertiary/aromatic N) is 1. The lowest BCUT2D eigenvalue weighted by Gasteiger charge is -2.33. The van der Waals surface area contributed by atoms with Crippen LogP contribution in [-0.4, -0.2) is 43.7 Å². The molecule has 0 heterocycles. The van der Waals surface area contributed by atoms with E-state index in [0.29, 0.717) is 19.8 Å². The number of esters is 1. The molecule has 0 atom stereocenters. The Morgan fingerprint density at radius 2 is 1.39 bits per heavy atom. The maximum Gasteiger partial charge on any atom is 0.347 e. The molecule has 0 spiro atoms. The average molecular weight is 384 g/mol. The van der Waals surface area contributed by atoms with Gasteiger partial charge in [0, 0.05) is 13.2 Å². The van der Waals surface area contributed by atoms with Crippen molar-refractivity contribution < 1.29 is 14.3 Å². The van der Waals surface area contributed by atoms with Gasteiger partial charge < -0.3 is 14.4 Å². The predicted octanol–water partition coefficient (Wildman–Crippen LogP) is 4.63. The molecule has 0 bridgehead atoms. The van der Waals surface area contributed by atoms with Gasteiger partial charge in [-0.1, -0.05) is 87.9 Å². The molecule has 4 heteroatoms. The lowest BCUT2D eigenvalue weighted by molar-refractivity contribution is -0.169. The van der Waals surface area contributed by atoms with Crippen molar-refractivity contribution >= 4 is 5.97 Å². The Morgan fingerprint density at radius 3 is 1.86 bits per heavy atom. The summed E-state index contributed by atoms with van der Waals surface area (Å²) in [6.07, 6.45) is 1.88. The van der Waals surface area contributed by atoms with E-state index in [1.165, 1.54) is 0 Å². The average Bonchev–Trinajstić information content (AvgIpc) is 2.75. The second kappa shape index (κ2) is 11.6. The molecule has 152 valence electrons. The zero-order chi connectivity index (χ0) is 20.2. The van der Waals surface area contributed by atoms with Crippen molar-refractivity contribution in [1.82, 2.24) is 4.90 Å². The Hall–Kier alpha value is -2.17. The molecule has 0 aliphatic rings. The Labute approximate surface area is 169 Å². The minimum atomic E-state index is -1.25. The monoisotopic (exact) mass is 383 g/mol. The highest BCUT2D eigenvalue weighted by atomic mass is 16.6. The molecule has 0 amide bonds. The number of unbranched alkanes of at least 4 members (excludes halogenated alkanes) is 1. The Morgan fingerprint density at radius 1 is 0.857 bits per heavy atom. The van der Waals surface area contributed by atoms with Gasteiger partial charge in [0.2, 0.25) is 5.60 Å². The van der Waals surface area contributed by atoms with Gasteiger partial charge in [-0.25, -0.2) is 4.79 Å². The molecule has 2 rings (SSSR count). The summed E-state index contributed by atoms with van der Waals surface area (Å²) in [7, 11) is 0. The van der Waals surface area contributed by atoms with E-state index in [-0.39, 0.29) is 5.97 Å². The van der Waals surface area contributed by atoms with Crippen LogP contribution in [0.15, 0.2) is 60.7 Å². The Kier molecular flexibility index (Phi) is 9.18. The van der Waals surface area contributed by atoms with Crippen molar-refractivity contribution in [2.45, 2.75) is 39.2 Å². The van der Waals surface area contributed by atoms with Crippen LogP contribution >= 0.6 is 0 Å². The van der Waals surface area contributed by atoms with E-state index in [9.17, 15) is 4.79 Å². The highest BCUT2D eigenvalue weighted by Crippen LogP contribution is 2.35. The molecule has 2 aromatic rings. The summed E-state index contributed by atoms with van der Waals surface area (Å²) in [6.45, 7) is 9.75. The van der Waals surface area contributed by atoms with Gasteiger partial charge in [-0.15, -0.1) is 0 Å². The van der Waals surface area contributed by atoms with Crippen LogP contribution in [0.5, 0.6) is 0 Å². The third-order valence-electron chi connectivity index (χ3n) is 5.00. The third-order valence-corrected chi connectivity index (χ3v) is 5.00. The highest BCUT2D eigenvalue weighted by molar-refractivity contribution is 5.85. The summed E-state index contributed by atoms with van der Waals surface area (Å²) in [5, 5.41) is 0. The number of carbonyl (C=O) groups excluding carboxylic acids is 1. The molecule has 0 saturated carbocycles. The van der Waals surface area contributed by atoms with Crippen molar-refractivity contribution in [2.24, 2.45) is 0 Å². The molecular formula is C24H33NO3. The first-order chi connectivity index (χ1) is 13.7. The van der Waals surface area contributed by atoms with Gasteiger partial charge in [0.05, 0.1) is 0 Å². The quantitative estimate of drug-likeness (QED) is 0.396. The number of carbonyl (C=O) groups is 1. The van der Waals surface area contributed by atoms with Crippen molar-refractivity contribution in [1.29, 1.82) is 0 Å². The van der Waals surface area contributed by atoms with Gasteiger partial charge in [-0.3, -0.25) is 0 Å². The Bertz CT molecular complexity index is 644. The summed E-state index contributed by atoms with van der Waals surface area (Å²) < 4.78 is 12.1. The van der Waals surface area contributed by atoms with Gasteiger partial charge in [-0.05, 0) is 30.6 Å². The van der Waals surface area contributed by atoms with E-state index in [0.717, 1.165) is 37.1 Å². The summed E-state index contributed by atoms with van der Waals surface area (Å²) in [4.78, 5) is 15.7. The number of ether oxygens (including phenoxy) is 2. The van der Waals surface area contributed by atoms with E-state index in [2.05, 4.69) is 25.7 Å². The molecule has 4 nitrogen and oxygen atoms in total. The van der Waals surface area contributed by atoms with Crippen LogP contribution in [0, 0.1) is 0 Å². The fourth-order valence-corrected chi connectivity index (χ4v) is 3.25. The zero-order valence-electron chi connectivity index (χ0n) is 17.4. The summed E-state index contributed by atoms with van der Waals surface area (Å²) in [5.74, 6) is -0.354. The second-order valence-corrected chi connectivity index (χ2v) is 6.78. The lowest BCUT2D eigenvalue weighted by atomic mass is 9.86. The molecule has 0 radical (unpaired) electrons. The third kappa shape index (κ3) is 5.43. The molecule has 0 aromatic heterocycles. The number of likely N-dealkylation sites (N-methyl/N-ethyl adjacent to an activating group) is 1. The first-order valence-electron chi connectivity index (χ1n) is 10.3. The van der Waals surface area contributed by atoms with Crippen LogP contribution in [-0.2, 0) is 19.9 Å². The standard InChI is InChI=1S/C24H33NO3/c1-4-7-19-28-24(21-14-10-8-11-15-21,22-16-12-9-13-17-22)23(26)27-20-18-25(5-2)6-3/h8-17H,4-7,18-20H2,1-3H3. The fraction of sp³-hybridized carbons (Fsp3) is 0.458. The molecule has 2 aromatic carbocycles. The van der Waals surface area contributed by atoms with E-state index in [1.807, 2.05) is 60.7 Å². The normalized spacial score (nSPS) is 11.6. The summed E-state index contributed by atoms with van der Waals surface area (Å²) >= 11 is 0. The zero-order valence-corrected chi connectivity index (χ0v) is 17.4.